The van der Waals surface area contributed by atoms with Crippen LogP contribution < -0.4 is 10.1 Å². The maximum atomic E-state index is 12.5. The van der Waals surface area contributed by atoms with E-state index in [1.807, 2.05) is 41.0 Å². The Labute approximate surface area is 187 Å². The van der Waals surface area contributed by atoms with Gasteiger partial charge in [0.05, 0.1) is 12.9 Å². The summed E-state index contributed by atoms with van der Waals surface area (Å²) in [6, 6.07) is 16.3. The highest BCUT2D eigenvalue weighted by molar-refractivity contribution is 7.99. The van der Waals surface area contributed by atoms with Crippen LogP contribution in [0.4, 0.5) is 0 Å². The van der Waals surface area contributed by atoms with Gasteiger partial charge in [0.25, 0.3) is 0 Å². The van der Waals surface area contributed by atoms with E-state index in [0.29, 0.717) is 17.0 Å². The van der Waals surface area contributed by atoms with Crippen molar-refractivity contribution in [2.24, 2.45) is 0 Å². The van der Waals surface area contributed by atoms with Crippen molar-refractivity contribution >= 4 is 17.7 Å². The number of hydrogen-bond acceptors (Lipinski definition) is 5. The minimum absolute atomic E-state index is 0.0538. The summed E-state index contributed by atoms with van der Waals surface area (Å²) in [5.74, 6) is 1.91. The largest absolute Gasteiger partial charge is 0.497 e. The zero-order valence-corrected chi connectivity index (χ0v) is 18.8. The molecule has 1 fully saturated rings. The quantitative estimate of drug-likeness (QED) is 0.539. The molecule has 0 aliphatic heterocycles. The standard InChI is InChI=1S/C24H28N4O2S/c1-17-8-10-18(11-9-17)23-26-27-24(28(23)20-12-14-21(30-2)15-13-20)31-16-22(29)25-19-6-4-3-5-7-19/h8-15,19H,3-7,16H2,1-2H3,(H,25,29). The number of carbonyl (C=O) groups excluding carboxylic acids is 1. The van der Waals surface area contributed by atoms with Crippen molar-refractivity contribution in [3.8, 4) is 22.8 Å². The van der Waals surface area contributed by atoms with Gasteiger partial charge in [-0.25, -0.2) is 0 Å². The van der Waals surface area contributed by atoms with Gasteiger partial charge in [0.1, 0.15) is 5.75 Å². The van der Waals surface area contributed by atoms with Crippen molar-refractivity contribution in [1.82, 2.24) is 20.1 Å². The SMILES string of the molecule is COc1ccc(-n2c(SCC(=O)NC3CCCCC3)nnc2-c2ccc(C)cc2)cc1. The molecule has 1 aromatic heterocycles. The summed E-state index contributed by atoms with van der Waals surface area (Å²) < 4.78 is 7.30. The van der Waals surface area contributed by atoms with Crippen molar-refractivity contribution in [3.63, 3.8) is 0 Å². The summed E-state index contributed by atoms with van der Waals surface area (Å²) >= 11 is 1.41. The van der Waals surface area contributed by atoms with Gasteiger partial charge in [-0.05, 0) is 44.0 Å². The van der Waals surface area contributed by atoms with E-state index in [4.69, 9.17) is 4.74 Å². The van der Waals surface area contributed by atoms with Gasteiger partial charge in [-0.2, -0.15) is 0 Å². The van der Waals surface area contributed by atoms with Gasteiger partial charge in [-0.1, -0.05) is 60.9 Å². The fourth-order valence-corrected chi connectivity index (χ4v) is 4.63. The Bertz CT molecular complexity index is 1010. The Morgan fingerprint density at radius 2 is 1.77 bits per heavy atom. The van der Waals surface area contributed by atoms with E-state index in [1.54, 1.807) is 7.11 Å². The molecule has 4 rings (SSSR count). The summed E-state index contributed by atoms with van der Waals surface area (Å²) in [6.07, 6.45) is 5.83. The third-order valence-electron chi connectivity index (χ3n) is 5.58. The maximum absolute atomic E-state index is 12.5. The fraction of sp³-hybridized carbons (Fsp3) is 0.375. The van der Waals surface area contributed by atoms with Crippen LogP contribution in [0.5, 0.6) is 5.75 Å². The first-order valence-corrected chi connectivity index (χ1v) is 11.7. The molecule has 1 N–H and O–H groups in total. The second-order valence-electron chi connectivity index (χ2n) is 7.90. The van der Waals surface area contributed by atoms with E-state index in [9.17, 15) is 4.79 Å². The van der Waals surface area contributed by atoms with Crippen molar-refractivity contribution in [2.75, 3.05) is 12.9 Å². The van der Waals surface area contributed by atoms with Gasteiger partial charge in [-0.3, -0.25) is 9.36 Å². The number of aromatic nitrogens is 3. The third kappa shape index (κ3) is 5.28. The van der Waals surface area contributed by atoms with Crippen LogP contribution in [0, 0.1) is 6.92 Å². The van der Waals surface area contributed by atoms with Gasteiger partial charge < -0.3 is 10.1 Å². The molecule has 1 amide bonds. The fourth-order valence-electron chi connectivity index (χ4n) is 3.86. The molecule has 1 aliphatic carbocycles. The van der Waals surface area contributed by atoms with Crippen LogP contribution in [0.25, 0.3) is 17.1 Å². The van der Waals surface area contributed by atoms with Crippen LogP contribution in [-0.4, -0.2) is 39.6 Å². The predicted octanol–water partition coefficient (Wildman–Crippen LogP) is 4.79. The maximum Gasteiger partial charge on any atom is 0.230 e. The van der Waals surface area contributed by atoms with E-state index in [2.05, 4.69) is 34.6 Å². The summed E-state index contributed by atoms with van der Waals surface area (Å²) in [6.45, 7) is 2.06. The molecule has 1 heterocycles. The van der Waals surface area contributed by atoms with E-state index in [-0.39, 0.29) is 5.91 Å². The Morgan fingerprint density at radius 3 is 2.45 bits per heavy atom. The number of amides is 1. The Morgan fingerprint density at radius 1 is 1.06 bits per heavy atom. The van der Waals surface area contributed by atoms with Crippen LogP contribution in [0.2, 0.25) is 0 Å². The van der Waals surface area contributed by atoms with Crippen LogP contribution in [0.15, 0.2) is 53.7 Å². The zero-order valence-electron chi connectivity index (χ0n) is 18.0. The highest BCUT2D eigenvalue weighted by Crippen LogP contribution is 2.29. The number of benzene rings is 2. The van der Waals surface area contributed by atoms with Crippen molar-refractivity contribution in [3.05, 3.63) is 54.1 Å². The van der Waals surface area contributed by atoms with Gasteiger partial charge in [0.15, 0.2) is 11.0 Å². The first-order valence-electron chi connectivity index (χ1n) is 10.7. The molecule has 0 radical (unpaired) electrons. The molecule has 6 nitrogen and oxygen atoms in total. The number of methoxy groups -OCH3 is 1. The lowest BCUT2D eigenvalue weighted by atomic mass is 9.95. The highest BCUT2D eigenvalue weighted by Gasteiger charge is 2.19. The molecule has 2 aromatic carbocycles. The van der Waals surface area contributed by atoms with E-state index in [1.165, 1.54) is 36.6 Å². The number of carbonyl (C=O) groups is 1. The molecule has 0 bridgehead atoms. The zero-order chi connectivity index (χ0) is 21.6. The van der Waals surface area contributed by atoms with Crippen molar-refractivity contribution in [2.45, 2.75) is 50.2 Å². The average molecular weight is 437 g/mol. The first-order chi connectivity index (χ1) is 15.1. The molecule has 0 unspecified atom stereocenters. The van der Waals surface area contributed by atoms with E-state index >= 15 is 0 Å². The lowest BCUT2D eigenvalue weighted by molar-refractivity contribution is -0.119. The summed E-state index contributed by atoms with van der Waals surface area (Å²) in [5.41, 5.74) is 3.09. The van der Waals surface area contributed by atoms with Gasteiger partial charge >= 0.3 is 0 Å². The number of rotatable bonds is 7. The number of thioether (sulfide) groups is 1. The number of aryl methyl sites for hydroxylation is 1. The number of hydrogen-bond donors (Lipinski definition) is 1. The lowest BCUT2D eigenvalue weighted by Crippen LogP contribution is -2.37. The van der Waals surface area contributed by atoms with Gasteiger partial charge in [0.2, 0.25) is 5.91 Å². The molecule has 31 heavy (non-hydrogen) atoms. The molecule has 1 saturated carbocycles. The van der Waals surface area contributed by atoms with E-state index in [0.717, 1.165) is 35.7 Å². The monoisotopic (exact) mass is 436 g/mol. The van der Waals surface area contributed by atoms with Gasteiger partial charge in [0, 0.05) is 17.3 Å². The third-order valence-corrected chi connectivity index (χ3v) is 6.51. The van der Waals surface area contributed by atoms with Crippen LogP contribution in [0.1, 0.15) is 37.7 Å². The summed E-state index contributed by atoms with van der Waals surface area (Å²) in [5, 5.41) is 12.7. The highest BCUT2D eigenvalue weighted by atomic mass is 32.2. The molecule has 7 heteroatoms. The average Bonchev–Trinajstić information content (AvgIpc) is 3.23. The van der Waals surface area contributed by atoms with Gasteiger partial charge in [-0.15, -0.1) is 10.2 Å². The molecule has 0 saturated heterocycles. The number of nitrogens with one attached hydrogen (secondary N) is 1. The normalized spacial score (nSPS) is 14.4. The molecule has 162 valence electrons. The Balaban J connectivity index is 1.57. The minimum atomic E-state index is 0.0538. The molecular formula is C24H28N4O2S. The predicted molar refractivity (Wildman–Crippen MR) is 124 cm³/mol. The lowest BCUT2D eigenvalue weighted by Gasteiger charge is -2.22. The first kappa shape index (κ1) is 21.4. The van der Waals surface area contributed by atoms with Crippen LogP contribution >= 0.6 is 11.8 Å². The molecule has 1 aliphatic rings. The van der Waals surface area contributed by atoms with Crippen LogP contribution in [-0.2, 0) is 4.79 Å². The van der Waals surface area contributed by atoms with Crippen LogP contribution in [0.3, 0.4) is 0 Å². The Kier molecular flexibility index (Phi) is 6.92. The topological polar surface area (TPSA) is 69.0 Å². The second kappa shape index (κ2) is 10.0. The summed E-state index contributed by atoms with van der Waals surface area (Å²) in [7, 11) is 1.65. The molecular weight excluding hydrogens is 408 g/mol. The van der Waals surface area contributed by atoms with Crippen molar-refractivity contribution < 1.29 is 9.53 Å². The molecule has 0 spiro atoms. The summed E-state index contributed by atoms with van der Waals surface area (Å²) in [4.78, 5) is 12.5. The number of nitrogens with zero attached hydrogens (tertiary/aromatic N) is 3. The molecule has 0 atom stereocenters. The van der Waals surface area contributed by atoms with E-state index < -0.39 is 0 Å². The molecule has 3 aromatic rings. The second-order valence-corrected chi connectivity index (χ2v) is 8.84. The Hall–Kier alpha value is -2.80. The number of ether oxygens (including phenoxy) is 1. The van der Waals surface area contributed by atoms with Crippen molar-refractivity contribution in [1.29, 1.82) is 0 Å². The minimum Gasteiger partial charge on any atom is -0.497 e. The smallest absolute Gasteiger partial charge is 0.230 e.